The van der Waals surface area contributed by atoms with Gasteiger partial charge in [0.1, 0.15) is 66.5 Å². The van der Waals surface area contributed by atoms with Gasteiger partial charge in [0.25, 0.3) is 0 Å². The summed E-state index contributed by atoms with van der Waals surface area (Å²) in [6.07, 6.45) is -1.41. The molecule has 0 saturated carbocycles. The van der Waals surface area contributed by atoms with Gasteiger partial charge < -0.3 is 84.3 Å². The average Bonchev–Trinajstić information content (AvgIpc) is 1.80. The summed E-state index contributed by atoms with van der Waals surface area (Å²) in [7, 11) is 1.59. The summed E-state index contributed by atoms with van der Waals surface area (Å²) in [6, 6.07) is -3.93. The molecule has 92 heavy (non-hydrogen) atoms. The van der Waals surface area contributed by atoms with Crippen molar-refractivity contribution in [1.82, 2.24) is 58.5 Å². The highest BCUT2D eigenvalue weighted by Gasteiger charge is 2.41. The molecule has 31 heteroatoms. The number of hydrogen-bond acceptors (Lipinski definition) is 19. The Labute approximate surface area is 534 Å². The Morgan fingerprint density at radius 1 is 0.620 bits per heavy atom. The van der Waals surface area contributed by atoms with Gasteiger partial charge in [0.15, 0.2) is 5.75 Å². The number of nitrogens with two attached hydrogens (primary N) is 1. The lowest BCUT2D eigenvalue weighted by Crippen LogP contribution is -2.63. The largest absolute Gasteiger partial charge is 0.502 e. The molecule has 510 valence electrons. The van der Waals surface area contributed by atoms with Crippen molar-refractivity contribution in [2.24, 2.45) is 29.4 Å². The summed E-state index contributed by atoms with van der Waals surface area (Å²) in [5.41, 5.74) is 5.74. The fourth-order valence-corrected chi connectivity index (χ4v) is 9.62. The molecular formula is C61H93N13O18. The SMILES string of the molecule is CC[C@@H](C)[C@@H](NC(=O)[C@@H](CCC(N)=O)NC(=O)[C@H](CO)NC(=O)[C@@H](NC(=O)[C@@H](Cc1ccccc1)NC)[C@@H](C)CC)C(=O)N[C@H](C(=O)N[C@@H](CO)C(=O)N[C@H]1C(=O)N[C@@H](C)C(=O)N[C@@H](Cc2ccc(O)c([N+](=O)[O-])c2)C(=O)N[C@@H]([C@@H](C)CC)C(=O)O[C@H]1C)[C@@H](C)CC. The molecule has 0 unspecified atom stereocenters. The lowest BCUT2D eigenvalue weighted by atomic mass is 9.94. The number of amides is 11. The Morgan fingerprint density at radius 2 is 1.11 bits per heavy atom. The number of cyclic esters (lactones) is 1. The second-order valence-electron chi connectivity index (χ2n) is 23.3. The van der Waals surface area contributed by atoms with Crippen LogP contribution in [0.4, 0.5) is 5.69 Å². The van der Waals surface area contributed by atoms with Crippen LogP contribution >= 0.6 is 0 Å². The van der Waals surface area contributed by atoms with E-state index in [0.29, 0.717) is 6.42 Å². The number of aliphatic hydroxyl groups is 2. The number of aromatic hydroxyl groups is 1. The summed E-state index contributed by atoms with van der Waals surface area (Å²) in [5.74, 6) is -14.8. The molecule has 3 rings (SSSR count). The number of carbonyl (C=O) groups is 12. The quantitative estimate of drug-likeness (QED) is 0.0207. The number of primary amides is 1. The zero-order valence-corrected chi connectivity index (χ0v) is 53.9. The summed E-state index contributed by atoms with van der Waals surface area (Å²) in [5, 5.41) is 70.5. The van der Waals surface area contributed by atoms with Crippen molar-refractivity contribution in [2.75, 3.05) is 20.3 Å². The van der Waals surface area contributed by atoms with Gasteiger partial charge in [-0.1, -0.05) is 117 Å². The van der Waals surface area contributed by atoms with E-state index < -0.39 is 210 Å². The van der Waals surface area contributed by atoms with Crippen LogP contribution in [0.2, 0.25) is 0 Å². The fraction of sp³-hybridized carbons (Fsp3) is 0.607. The van der Waals surface area contributed by atoms with Crippen LogP contribution in [0.15, 0.2) is 48.5 Å². The van der Waals surface area contributed by atoms with Crippen molar-refractivity contribution < 1.29 is 82.5 Å². The number of hydrogen-bond donors (Lipinski definition) is 15. The lowest BCUT2D eigenvalue weighted by Gasteiger charge is -2.31. The van der Waals surface area contributed by atoms with Crippen LogP contribution in [0, 0.1) is 33.8 Å². The van der Waals surface area contributed by atoms with Gasteiger partial charge in [-0.15, -0.1) is 0 Å². The minimum absolute atomic E-state index is 0.126. The van der Waals surface area contributed by atoms with Gasteiger partial charge in [0, 0.05) is 18.9 Å². The summed E-state index contributed by atoms with van der Waals surface area (Å²) >= 11 is 0. The smallest absolute Gasteiger partial charge is 0.329 e. The van der Waals surface area contributed by atoms with Crippen LogP contribution in [0.25, 0.3) is 0 Å². The number of esters is 1. The normalized spacial score (nSPS) is 20.6. The van der Waals surface area contributed by atoms with E-state index in [9.17, 15) is 83.0 Å². The number of aliphatic hydroxyl groups excluding tert-OH is 2. The second-order valence-corrected chi connectivity index (χ2v) is 23.3. The molecule has 16 N–H and O–H groups in total. The van der Waals surface area contributed by atoms with Gasteiger partial charge in [-0.2, -0.15) is 0 Å². The van der Waals surface area contributed by atoms with Gasteiger partial charge in [-0.3, -0.25) is 62.9 Å². The van der Waals surface area contributed by atoms with Crippen molar-refractivity contribution in [2.45, 2.75) is 193 Å². The third-order valence-electron chi connectivity index (χ3n) is 16.4. The number of carbonyl (C=O) groups excluding carboxylic acids is 12. The maximum atomic E-state index is 14.4. The number of benzene rings is 2. The maximum Gasteiger partial charge on any atom is 0.329 e. The van der Waals surface area contributed by atoms with Crippen LogP contribution in [0.5, 0.6) is 5.75 Å². The van der Waals surface area contributed by atoms with Gasteiger partial charge in [-0.05, 0) is 74.6 Å². The second kappa shape index (κ2) is 37.5. The zero-order valence-electron chi connectivity index (χ0n) is 53.9. The van der Waals surface area contributed by atoms with E-state index in [2.05, 4.69) is 58.5 Å². The number of nitrogens with zero attached hydrogens (tertiary/aromatic N) is 1. The van der Waals surface area contributed by atoms with Crippen LogP contribution < -0.4 is 64.2 Å². The monoisotopic (exact) mass is 1300 g/mol. The highest BCUT2D eigenvalue weighted by atomic mass is 16.6. The molecule has 1 fully saturated rings. The first-order valence-corrected chi connectivity index (χ1v) is 30.8. The predicted octanol–water partition coefficient (Wildman–Crippen LogP) is -2.08. The van der Waals surface area contributed by atoms with E-state index in [1.807, 2.05) is 30.3 Å². The minimum Gasteiger partial charge on any atom is -0.502 e. The van der Waals surface area contributed by atoms with E-state index in [4.69, 9.17) is 10.5 Å². The first-order chi connectivity index (χ1) is 43.4. The lowest BCUT2D eigenvalue weighted by molar-refractivity contribution is -0.385. The highest BCUT2D eigenvalue weighted by Crippen LogP contribution is 2.27. The Morgan fingerprint density at radius 3 is 1.60 bits per heavy atom. The van der Waals surface area contributed by atoms with E-state index in [0.717, 1.165) is 17.7 Å². The topological polar surface area (TPSA) is 476 Å². The zero-order chi connectivity index (χ0) is 69.3. The number of nitrogens with one attached hydrogen (secondary N) is 11. The van der Waals surface area contributed by atoms with Crippen molar-refractivity contribution in [1.29, 1.82) is 0 Å². The molecule has 2 aromatic rings. The molecule has 2 aromatic carbocycles. The third-order valence-corrected chi connectivity index (χ3v) is 16.4. The van der Waals surface area contributed by atoms with Crippen molar-refractivity contribution in [3.05, 3.63) is 69.8 Å². The molecule has 1 aliphatic rings. The average molecular weight is 1300 g/mol. The number of phenols is 1. The van der Waals surface area contributed by atoms with Crippen LogP contribution in [0.3, 0.4) is 0 Å². The van der Waals surface area contributed by atoms with Crippen molar-refractivity contribution >= 4 is 76.6 Å². The first-order valence-electron chi connectivity index (χ1n) is 30.8. The van der Waals surface area contributed by atoms with Gasteiger partial charge in [-0.25, -0.2) is 4.79 Å². The van der Waals surface area contributed by atoms with Crippen LogP contribution in [-0.2, 0) is 75.1 Å². The summed E-state index contributed by atoms with van der Waals surface area (Å²) < 4.78 is 5.70. The number of rotatable bonds is 33. The number of phenolic OH excluding ortho intramolecular Hbond substituents is 1. The first kappa shape index (κ1) is 77.4. The Bertz CT molecular complexity index is 2920. The molecule has 16 atom stereocenters. The minimum atomic E-state index is -1.88. The molecule has 0 radical (unpaired) electrons. The van der Waals surface area contributed by atoms with Crippen LogP contribution in [-0.4, -0.2) is 184 Å². The summed E-state index contributed by atoms with van der Waals surface area (Å²) in [4.78, 5) is 177. The van der Waals surface area contributed by atoms with Gasteiger partial charge in [0.05, 0.1) is 24.2 Å². The van der Waals surface area contributed by atoms with E-state index in [1.54, 1.807) is 62.4 Å². The van der Waals surface area contributed by atoms with Gasteiger partial charge in [0.2, 0.25) is 65.0 Å². The van der Waals surface area contributed by atoms with Gasteiger partial charge >= 0.3 is 11.7 Å². The number of likely N-dealkylation sites (N-methyl/N-ethyl adjacent to an activating group) is 1. The molecule has 0 aromatic heterocycles. The maximum absolute atomic E-state index is 14.4. The number of ether oxygens (including phenoxy) is 1. The van der Waals surface area contributed by atoms with Crippen molar-refractivity contribution in [3.8, 4) is 5.75 Å². The number of nitro benzene ring substituents is 1. The Kier molecular flexibility index (Phi) is 31.5. The Hall–Kier alpha value is -8.84. The molecule has 1 saturated heterocycles. The van der Waals surface area contributed by atoms with E-state index >= 15 is 0 Å². The molecule has 0 spiro atoms. The predicted molar refractivity (Wildman–Crippen MR) is 332 cm³/mol. The molecule has 0 aliphatic carbocycles. The molecular weight excluding hydrogens is 1200 g/mol. The van der Waals surface area contributed by atoms with Crippen molar-refractivity contribution in [3.63, 3.8) is 0 Å². The standard InChI is InChI=1S/C61H93N13O18/c1-12-30(5)46(70-53(81)39(63-11)25-36-19-17-16-18-20-36)57(85)67-41(28-75)55(83)65-38(22-24-45(62)78)52(80)69-48(32(7)14-3)59(87)71-47(31(6)13-2)58(86)68-42(29-76)56(84)73-50-35(10)92-61(89)49(33(8)15-4)72-54(82)40(66-51(79)34(9)64-60(50)88)26-37-21-23-44(77)43(27-37)74(90)91/h16-21,23,27,30-35,38-42,46-50,63,75-77H,12-15,22,24-26,28-29H2,1-11H3,(H2,62,78)(H,64,88)(H,65,83)(H,66,79)(H,67,85)(H,68,86)(H,69,80)(H,70,81)(H,71,87)(H,72,82)(H,73,84)/t30-,31-,32+,33-,34-,35-,38+,39+,40-,41-,42-,46-,47-,48+,49-,50+/m0/s1. The molecule has 1 heterocycles. The van der Waals surface area contributed by atoms with Crippen LogP contribution in [0.1, 0.15) is 119 Å². The molecule has 11 amide bonds. The fourth-order valence-electron chi connectivity index (χ4n) is 9.62. The third kappa shape index (κ3) is 22.8. The highest BCUT2D eigenvalue weighted by molar-refractivity contribution is 5.99. The van der Waals surface area contributed by atoms with E-state index in [-0.39, 0.29) is 37.7 Å². The van der Waals surface area contributed by atoms with E-state index in [1.165, 1.54) is 19.9 Å². The Balaban J connectivity index is 1.87. The molecule has 31 nitrogen and oxygen atoms in total. The number of nitro groups is 1. The molecule has 1 aliphatic heterocycles. The molecule has 0 bridgehead atoms. The summed E-state index contributed by atoms with van der Waals surface area (Å²) in [6.45, 7) is 13.7.